The number of hydrogen-bond donors (Lipinski definition) is 3. The van der Waals surface area contributed by atoms with Crippen LogP contribution in [-0.2, 0) is 0 Å². The maximum absolute atomic E-state index is 12.1. The summed E-state index contributed by atoms with van der Waals surface area (Å²) >= 11 is 0. The van der Waals surface area contributed by atoms with Crippen LogP contribution in [0.1, 0.15) is 16.1 Å². The van der Waals surface area contributed by atoms with Crippen molar-refractivity contribution in [2.75, 3.05) is 18.8 Å². The van der Waals surface area contributed by atoms with Gasteiger partial charge in [0.1, 0.15) is 0 Å². The quantitative estimate of drug-likeness (QED) is 0.591. The fourth-order valence-corrected chi connectivity index (χ4v) is 1.87. The fourth-order valence-electron chi connectivity index (χ4n) is 1.87. The van der Waals surface area contributed by atoms with Crippen molar-refractivity contribution < 1.29 is 15.0 Å². The number of nitrogens with zero attached hydrogens (tertiary/aromatic N) is 2. The van der Waals surface area contributed by atoms with Gasteiger partial charge in [0.25, 0.3) is 5.91 Å². The first-order chi connectivity index (χ1) is 7.99. The van der Waals surface area contributed by atoms with E-state index >= 15 is 0 Å². The van der Waals surface area contributed by atoms with Gasteiger partial charge in [-0.05, 0) is 13.0 Å². The van der Waals surface area contributed by atoms with Gasteiger partial charge in [0.2, 0.25) is 0 Å². The highest BCUT2D eigenvalue weighted by molar-refractivity contribution is 5.99. The van der Waals surface area contributed by atoms with E-state index in [2.05, 4.69) is 4.98 Å². The summed E-state index contributed by atoms with van der Waals surface area (Å²) < 4.78 is 0. The van der Waals surface area contributed by atoms with E-state index in [1.54, 1.807) is 13.0 Å². The number of amides is 1. The topological polar surface area (TPSA) is 99.7 Å². The molecular formula is C11H15N3O3. The summed E-state index contributed by atoms with van der Waals surface area (Å²) in [5.74, 6) is -0.314. The Morgan fingerprint density at radius 2 is 2.06 bits per heavy atom. The van der Waals surface area contributed by atoms with Gasteiger partial charge < -0.3 is 20.8 Å². The molecule has 1 aliphatic heterocycles. The molecule has 2 unspecified atom stereocenters. The van der Waals surface area contributed by atoms with Crippen LogP contribution in [0.5, 0.6) is 0 Å². The van der Waals surface area contributed by atoms with Gasteiger partial charge in [-0.3, -0.25) is 9.78 Å². The highest BCUT2D eigenvalue weighted by Gasteiger charge is 2.33. The Kier molecular flexibility index (Phi) is 2.99. The van der Waals surface area contributed by atoms with Gasteiger partial charge in [-0.1, -0.05) is 0 Å². The molecule has 92 valence electrons. The number of nitrogen functional groups attached to an aromatic ring is 1. The van der Waals surface area contributed by atoms with Crippen molar-refractivity contribution in [2.24, 2.45) is 0 Å². The van der Waals surface area contributed by atoms with E-state index in [-0.39, 0.29) is 19.0 Å². The van der Waals surface area contributed by atoms with Crippen molar-refractivity contribution in [1.82, 2.24) is 9.88 Å². The second kappa shape index (κ2) is 4.31. The summed E-state index contributed by atoms with van der Waals surface area (Å²) in [7, 11) is 0. The number of carbonyl (C=O) groups is 1. The summed E-state index contributed by atoms with van der Waals surface area (Å²) in [5, 5.41) is 18.8. The first kappa shape index (κ1) is 11.8. The second-order valence-electron chi connectivity index (χ2n) is 4.26. The minimum absolute atomic E-state index is 0.118. The number of pyridine rings is 1. The van der Waals surface area contributed by atoms with Crippen LogP contribution in [0.25, 0.3) is 0 Å². The zero-order chi connectivity index (χ0) is 12.6. The Morgan fingerprint density at radius 3 is 2.59 bits per heavy atom. The number of nitrogens with two attached hydrogens (primary N) is 1. The highest BCUT2D eigenvalue weighted by Crippen LogP contribution is 2.18. The fraction of sp³-hybridized carbons (Fsp3) is 0.455. The van der Waals surface area contributed by atoms with Crippen LogP contribution in [0.3, 0.4) is 0 Å². The highest BCUT2D eigenvalue weighted by atomic mass is 16.3. The minimum Gasteiger partial charge on any atom is -0.398 e. The standard InChI is InChI=1S/C11H15N3O3/c1-6-2-8(12)7(3-13-6)11(17)14-4-9(15)10(16)5-14/h2-3,9-10,15-16H,4-5H2,1H3,(H2,12,13). The molecule has 2 atom stereocenters. The molecule has 0 spiro atoms. The van der Waals surface area contributed by atoms with Crippen molar-refractivity contribution in [2.45, 2.75) is 19.1 Å². The molecule has 2 heterocycles. The molecule has 0 aliphatic carbocycles. The summed E-state index contributed by atoms with van der Waals surface area (Å²) in [6.07, 6.45) is -0.360. The average molecular weight is 237 g/mol. The molecule has 0 radical (unpaired) electrons. The predicted molar refractivity (Wildman–Crippen MR) is 61.3 cm³/mol. The molecule has 0 saturated carbocycles. The summed E-state index contributed by atoms with van der Waals surface area (Å²) in [6, 6.07) is 1.62. The van der Waals surface area contributed by atoms with E-state index in [0.29, 0.717) is 11.3 Å². The number of aryl methyl sites for hydroxylation is 1. The van der Waals surface area contributed by atoms with Crippen molar-refractivity contribution in [3.05, 3.63) is 23.5 Å². The molecule has 0 bridgehead atoms. The number of aliphatic hydroxyl groups is 2. The van der Waals surface area contributed by atoms with Crippen LogP contribution < -0.4 is 5.73 Å². The smallest absolute Gasteiger partial charge is 0.257 e. The normalized spacial score (nSPS) is 24.1. The minimum atomic E-state index is -0.890. The summed E-state index contributed by atoms with van der Waals surface area (Å²) in [4.78, 5) is 17.4. The lowest BCUT2D eigenvalue weighted by Gasteiger charge is -2.16. The zero-order valence-corrected chi connectivity index (χ0v) is 9.50. The van der Waals surface area contributed by atoms with Crippen molar-refractivity contribution in [3.8, 4) is 0 Å². The molecule has 1 aliphatic rings. The van der Waals surface area contributed by atoms with Gasteiger partial charge in [0.05, 0.1) is 17.8 Å². The third kappa shape index (κ3) is 2.22. The van der Waals surface area contributed by atoms with Crippen LogP contribution in [0.15, 0.2) is 12.3 Å². The monoisotopic (exact) mass is 237 g/mol. The van der Waals surface area contributed by atoms with Gasteiger partial charge in [-0.25, -0.2) is 0 Å². The van der Waals surface area contributed by atoms with E-state index in [1.807, 2.05) is 0 Å². The molecule has 17 heavy (non-hydrogen) atoms. The van der Waals surface area contributed by atoms with Crippen molar-refractivity contribution >= 4 is 11.6 Å². The third-order valence-electron chi connectivity index (χ3n) is 2.85. The van der Waals surface area contributed by atoms with E-state index in [1.165, 1.54) is 11.1 Å². The summed E-state index contributed by atoms with van der Waals surface area (Å²) in [6.45, 7) is 2.02. The van der Waals surface area contributed by atoms with E-state index in [0.717, 1.165) is 5.69 Å². The first-order valence-corrected chi connectivity index (χ1v) is 5.36. The summed E-state index contributed by atoms with van der Waals surface area (Å²) in [5.41, 5.74) is 7.15. The largest absolute Gasteiger partial charge is 0.398 e. The SMILES string of the molecule is Cc1cc(N)c(C(=O)N2CC(O)C(O)C2)cn1. The number of aliphatic hydroxyl groups excluding tert-OH is 2. The van der Waals surface area contributed by atoms with Crippen LogP contribution in [0.2, 0.25) is 0 Å². The number of anilines is 1. The van der Waals surface area contributed by atoms with E-state index in [4.69, 9.17) is 5.73 Å². The first-order valence-electron chi connectivity index (χ1n) is 5.36. The molecule has 1 fully saturated rings. The molecule has 1 saturated heterocycles. The molecule has 1 aromatic rings. The lowest BCUT2D eigenvalue weighted by atomic mass is 10.2. The molecule has 6 heteroatoms. The van der Waals surface area contributed by atoms with Crippen LogP contribution in [-0.4, -0.2) is 51.3 Å². The predicted octanol–water partition coefficient (Wildman–Crippen LogP) is -0.850. The number of likely N-dealkylation sites (tertiary alicyclic amines) is 1. The third-order valence-corrected chi connectivity index (χ3v) is 2.85. The average Bonchev–Trinajstić information content (AvgIpc) is 2.58. The number of carbonyl (C=O) groups excluding carboxylic acids is 1. The molecular weight excluding hydrogens is 222 g/mol. The van der Waals surface area contributed by atoms with Gasteiger partial charge in [0.15, 0.2) is 0 Å². The zero-order valence-electron chi connectivity index (χ0n) is 9.50. The van der Waals surface area contributed by atoms with Gasteiger partial charge in [-0.15, -0.1) is 0 Å². The van der Waals surface area contributed by atoms with E-state index < -0.39 is 12.2 Å². The van der Waals surface area contributed by atoms with Crippen molar-refractivity contribution in [3.63, 3.8) is 0 Å². The van der Waals surface area contributed by atoms with Crippen LogP contribution >= 0.6 is 0 Å². The number of β-amino-alcohol motifs (C(OH)–C–C–N with tert-alkyl or cyclic N) is 2. The molecule has 1 aromatic heterocycles. The Balaban J connectivity index is 2.20. The van der Waals surface area contributed by atoms with Crippen LogP contribution in [0.4, 0.5) is 5.69 Å². The van der Waals surface area contributed by atoms with Crippen molar-refractivity contribution in [1.29, 1.82) is 0 Å². The Bertz CT molecular complexity index is 440. The van der Waals surface area contributed by atoms with Crippen LogP contribution in [0, 0.1) is 6.92 Å². The molecule has 0 aromatic carbocycles. The van der Waals surface area contributed by atoms with E-state index in [9.17, 15) is 15.0 Å². The lowest BCUT2D eigenvalue weighted by Crippen LogP contribution is -2.30. The Morgan fingerprint density at radius 1 is 1.47 bits per heavy atom. The second-order valence-corrected chi connectivity index (χ2v) is 4.26. The van der Waals surface area contributed by atoms with Gasteiger partial charge in [-0.2, -0.15) is 0 Å². The molecule has 6 nitrogen and oxygen atoms in total. The number of rotatable bonds is 1. The Hall–Kier alpha value is -1.66. The molecule has 4 N–H and O–H groups in total. The number of aromatic nitrogens is 1. The van der Waals surface area contributed by atoms with Gasteiger partial charge in [0, 0.05) is 30.7 Å². The van der Waals surface area contributed by atoms with Gasteiger partial charge >= 0.3 is 0 Å². The maximum Gasteiger partial charge on any atom is 0.257 e. The number of hydrogen-bond acceptors (Lipinski definition) is 5. The maximum atomic E-state index is 12.1. The lowest BCUT2D eigenvalue weighted by molar-refractivity contribution is 0.0572. The molecule has 1 amide bonds. The molecule has 2 rings (SSSR count). The Labute approximate surface area is 98.7 Å².